The van der Waals surface area contributed by atoms with Gasteiger partial charge in [0.25, 0.3) is 0 Å². The monoisotopic (exact) mass is 163 g/mol. The summed E-state index contributed by atoms with van der Waals surface area (Å²) >= 11 is 3.80. The van der Waals surface area contributed by atoms with Crippen molar-refractivity contribution in [3.05, 3.63) is 0 Å². The Labute approximate surface area is 66.4 Å². The van der Waals surface area contributed by atoms with Crippen LogP contribution in [0.5, 0.6) is 0 Å². The van der Waals surface area contributed by atoms with Crippen molar-refractivity contribution in [3.8, 4) is 0 Å². The quantitative estimate of drug-likeness (QED) is 0.564. The van der Waals surface area contributed by atoms with Gasteiger partial charge in [0.2, 0.25) is 5.91 Å². The van der Waals surface area contributed by atoms with Gasteiger partial charge in [0.1, 0.15) is 0 Å². The molecule has 4 heteroatoms. The Hall–Kier alpha value is -0.220. The highest BCUT2D eigenvalue weighted by Crippen LogP contribution is 1.90. The summed E-state index contributed by atoms with van der Waals surface area (Å²) in [5, 5.41) is 8.85. The minimum absolute atomic E-state index is 0.0655. The summed E-state index contributed by atoms with van der Waals surface area (Å²) in [6.45, 7) is 2.02. The highest BCUT2D eigenvalue weighted by molar-refractivity contribution is 7.81. The largest absolute Gasteiger partial charge is 0.392 e. The van der Waals surface area contributed by atoms with Gasteiger partial charge in [-0.15, -0.1) is 0 Å². The molecule has 60 valence electrons. The number of carbonyl (C=O) groups excluding carboxylic acids is 1. The molecule has 0 spiro atoms. The summed E-state index contributed by atoms with van der Waals surface area (Å²) in [5.74, 6) is 0.132. The lowest BCUT2D eigenvalue weighted by Crippen LogP contribution is -2.33. The van der Waals surface area contributed by atoms with Gasteiger partial charge in [-0.2, -0.15) is 12.6 Å². The molecule has 0 heterocycles. The third kappa shape index (κ3) is 3.74. The number of amides is 1. The molecule has 1 atom stereocenters. The van der Waals surface area contributed by atoms with Crippen LogP contribution < -0.4 is 0 Å². The molecule has 0 fully saturated rings. The first kappa shape index (κ1) is 9.78. The van der Waals surface area contributed by atoms with Crippen LogP contribution in [0.2, 0.25) is 0 Å². The molecule has 1 amide bonds. The molecular formula is C6H13NO2S. The Morgan fingerprint density at radius 2 is 2.30 bits per heavy atom. The zero-order valence-corrected chi connectivity index (χ0v) is 7.14. The molecule has 0 saturated heterocycles. The maximum atomic E-state index is 10.8. The van der Waals surface area contributed by atoms with Gasteiger partial charge in [0.05, 0.1) is 11.9 Å². The number of aliphatic hydroxyl groups is 1. The molecule has 0 aromatic carbocycles. The number of hydrogen-bond acceptors (Lipinski definition) is 3. The Morgan fingerprint density at radius 1 is 1.80 bits per heavy atom. The fourth-order valence-corrected chi connectivity index (χ4v) is 0.860. The van der Waals surface area contributed by atoms with Gasteiger partial charge in [-0.05, 0) is 6.92 Å². The molecule has 0 aromatic rings. The van der Waals surface area contributed by atoms with Crippen LogP contribution in [0.25, 0.3) is 0 Å². The first-order valence-corrected chi connectivity index (χ1v) is 3.74. The molecule has 0 aliphatic rings. The highest BCUT2D eigenvalue weighted by Gasteiger charge is 2.07. The van der Waals surface area contributed by atoms with Gasteiger partial charge in [-0.25, -0.2) is 0 Å². The average Bonchev–Trinajstić information content (AvgIpc) is 1.85. The Kier molecular flexibility index (Phi) is 4.47. The van der Waals surface area contributed by atoms with Crippen LogP contribution in [0.1, 0.15) is 6.92 Å². The Balaban J connectivity index is 3.61. The summed E-state index contributed by atoms with van der Waals surface area (Å²) in [7, 11) is 1.64. The van der Waals surface area contributed by atoms with Gasteiger partial charge < -0.3 is 10.0 Å². The van der Waals surface area contributed by atoms with Crippen LogP contribution >= 0.6 is 12.6 Å². The zero-order valence-electron chi connectivity index (χ0n) is 6.24. The van der Waals surface area contributed by atoms with Crippen molar-refractivity contribution in [3.63, 3.8) is 0 Å². The summed E-state index contributed by atoms with van der Waals surface area (Å²) in [5.41, 5.74) is 0. The second kappa shape index (κ2) is 4.57. The van der Waals surface area contributed by atoms with E-state index < -0.39 is 6.10 Å². The van der Waals surface area contributed by atoms with E-state index in [4.69, 9.17) is 5.11 Å². The molecule has 0 aliphatic heterocycles. The molecule has 0 rings (SSSR count). The van der Waals surface area contributed by atoms with Gasteiger partial charge in [0, 0.05) is 13.6 Å². The SMILES string of the molecule is CC(O)CN(C)C(=O)CS. The predicted molar refractivity (Wildman–Crippen MR) is 43.2 cm³/mol. The third-order valence-electron chi connectivity index (χ3n) is 1.10. The van der Waals surface area contributed by atoms with Crippen LogP contribution in [0.3, 0.4) is 0 Å². The lowest BCUT2D eigenvalue weighted by molar-refractivity contribution is -0.128. The van der Waals surface area contributed by atoms with Crippen LogP contribution in [0.15, 0.2) is 0 Å². The second-order valence-corrected chi connectivity index (χ2v) is 2.60. The standard InChI is InChI=1S/C6H13NO2S/c1-5(8)3-7(2)6(9)4-10/h5,8,10H,3-4H2,1-2H3. The van der Waals surface area contributed by atoms with Crippen LogP contribution in [0.4, 0.5) is 0 Å². The number of thiol groups is 1. The number of aliphatic hydroxyl groups excluding tert-OH is 1. The average molecular weight is 163 g/mol. The summed E-state index contributed by atoms with van der Waals surface area (Å²) in [6.07, 6.45) is -0.464. The second-order valence-electron chi connectivity index (χ2n) is 2.28. The third-order valence-corrected chi connectivity index (χ3v) is 1.37. The summed E-state index contributed by atoms with van der Waals surface area (Å²) in [4.78, 5) is 12.2. The summed E-state index contributed by atoms with van der Waals surface area (Å²) in [6, 6.07) is 0. The molecule has 0 radical (unpaired) electrons. The molecule has 0 aromatic heterocycles. The van der Waals surface area contributed by atoms with Crippen LogP contribution in [0, 0.1) is 0 Å². The molecule has 0 aliphatic carbocycles. The zero-order chi connectivity index (χ0) is 8.15. The van der Waals surface area contributed by atoms with Gasteiger partial charge >= 0.3 is 0 Å². The van der Waals surface area contributed by atoms with Crippen LogP contribution in [-0.4, -0.2) is 41.4 Å². The van der Waals surface area contributed by atoms with E-state index in [1.165, 1.54) is 4.90 Å². The Bertz CT molecular complexity index is 116. The molecule has 1 N–H and O–H groups in total. The van der Waals surface area contributed by atoms with Crippen molar-refractivity contribution in [2.75, 3.05) is 19.3 Å². The minimum atomic E-state index is -0.464. The van der Waals surface area contributed by atoms with Crippen molar-refractivity contribution in [1.29, 1.82) is 0 Å². The predicted octanol–water partition coefficient (Wildman–Crippen LogP) is -0.245. The normalized spacial score (nSPS) is 12.8. The Morgan fingerprint density at radius 3 is 2.60 bits per heavy atom. The first-order valence-electron chi connectivity index (χ1n) is 3.10. The molecule has 0 bridgehead atoms. The lowest BCUT2D eigenvalue weighted by atomic mass is 10.4. The number of nitrogens with zero attached hydrogens (tertiary/aromatic N) is 1. The van der Waals surface area contributed by atoms with E-state index in [2.05, 4.69) is 12.6 Å². The van der Waals surface area contributed by atoms with Crippen molar-refractivity contribution < 1.29 is 9.90 Å². The lowest BCUT2D eigenvalue weighted by Gasteiger charge is -2.17. The molecule has 1 unspecified atom stereocenters. The molecular weight excluding hydrogens is 150 g/mol. The van der Waals surface area contributed by atoms with E-state index in [1.807, 2.05) is 0 Å². The molecule has 0 saturated carbocycles. The van der Waals surface area contributed by atoms with Crippen molar-refractivity contribution in [1.82, 2.24) is 4.90 Å². The van der Waals surface area contributed by atoms with Crippen molar-refractivity contribution in [2.24, 2.45) is 0 Å². The fraction of sp³-hybridized carbons (Fsp3) is 0.833. The van der Waals surface area contributed by atoms with Gasteiger partial charge in [0.15, 0.2) is 0 Å². The van der Waals surface area contributed by atoms with E-state index in [0.29, 0.717) is 6.54 Å². The van der Waals surface area contributed by atoms with Gasteiger partial charge in [-0.1, -0.05) is 0 Å². The number of likely N-dealkylation sites (N-methyl/N-ethyl adjacent to an activating group) is 1. The van der Waals surface area contributed by atoms with Gasteiger partial charge in [-0.3, -0.25) is 4.79 Å². The van der Waals surface area contributed by atoms with E-state index >= 15 is 0 Å². The molecule has 3 nitrogen and oxygen atoms in total. The fourth-order valence-electron chi connectivity index (χ4n) is 0.619. The minimum Gasteiger partial charge on any atom is -0.392 e. The number of hydrogen-bond donors (Lipinski definition) is 2. The van der Waals surface area contributed by atoms with E-state index in [1.54, 1.807) is 14.0 Å². The van der Waals surface area contributed by atoms with Crippen molar-refractivity contribution in [2.45, 2.75) is 13.0 Å². The highest BCUT2D eigenvalue weighted by atomic mass is 32.1. The summed E-state index contributed by atoms with van der Waals surface area (Å²) < 4.78 is 0. The molecule has 10 heavy (non-hydrogen) atoms. The van der Waals surface area contributed by atoms with Crippen LogP contribution in [-0.2, 0) is 4.79 Å². The van der Waals surface area contributed by atoms with E-state index in [9.17, 15) is 4.79 Å². The van der Waals surface area contributed by atoms with E-state index in [-0.39, 0.29) is 11.7 Å². The first-order chi connectivity index (χ1) is 4.57. The topological polar surface area (TPSA) is 40.5 Å². The number of rotatable bonds is 3. The maximum absolute atomic E-state index is 10.8. The smallest absolute Gasteiger partial charge is 0.232 e. The van der Waals surface area contributed by atoms with E-state index in [0.717, 1.165) is 0 Å². The number of carbonyl (C=O) groups is 1. The maximum Gasteiger partial charge on any atom is 0.232 e. The van der Waals surface area contributed by atoms with Crippen molar-refractivity contribution >= 4 is 18.5 Å².